The quantitative estimate of drug-likeness (QED) is 0.807. The molecule has 1 atom stereocenters. The number of carbonyl (C=O) groups excluding carboxylic acids is 1. The van der Waals surface area contributed by atoms with Crippen LogP contribution >= 0.6 is 0 Å². The van der Waals surface area contributed by atoms with E-state index in [-0.39, 0.29) is 24.3 Å². The third-order valence-corrected chi connectivity index (χ3v) is 4.42. The van der Waals surface area contributed by atoms with Gasteiger partial charge < -0.3 is 24.6 Å². The number of aliphatic hydroxyl groups excluding tert-OH is 1. The van der Waals surface area contributed by atoms with E-state index in [2.05, 4.69) is 20.2 Å². The lowest BCUT2D eigenvalue weighted by molar-refractivity contribution is 0.0934. The minimum Gasteiger partial charge on any atom is -0.454 e. The van der Waals surface area contributed by atoms with Gasteiger partial charge in [0.25, 0.3) is 5.91 Å². The number of hydrogen-bond acceptors (Lipinski definition) is 7. The van der Waals surface area contributed by atoms with Gasteiger partial charge in [-0.2, -0.15) is 0 Å². The van der Waals surface area contributed by atoms with E-state index in [1.54, 1.807) is 19.2 Å². The molecule has 0 saturated carbocycles. The van der Waals surface area contributed by atoms with Crippen molar-refractivity contribution in [2.45, 2.75) is 25.4 Å². The monoisotopic (exact) mass is 345 g/mol. The molecule has 1 fully saturated rings. The summed E-state index contributed by atoms with van der Waals surface area (Å²) >= 11 is 0. The summed E-state index contributed by atoms with van der Waals surface area (Å²) < 4.78 is 5.55. The van der Waals surface area contributed by atoms with Crippen LogP contribution in [0.4, 0.5) is 11.6 Å². The van der Waals surface area contributed by atoms with Gasteiger partial charge in [0.05, 0.1) is 19.2 Å². The molecule has 0 bridgehead atoms. The highest BCUT2D eigenvalue weighted by Gasteiger charge is 2.25. The summed E-state index contributed by atoms with van der Waals surface area (Å²) in [6.07, 6.45) is 3.56. The van der Waals surface area contributed by atoms with Crippen molar-refractivity contribution < 1.29 is 14.3 Å². The molecule has 3 heterocycles. The summed E-state index contributed by atoms with van der Waals surface area (Å²) in [5.41, 5.74) is 0. The first-order valence-electron chi connectivity index (χ1n) is 8.34. The van der Waals surface area contributed by atoms with Crippen LogP contribution in [0.2, 0.25) is 0 Å². The SMILES string of the molecule is CNC(=O)c1ccc(CN(C)c2cc(N3CCC[C@@H]3CO)ncn2)o1. The van der Waals surface area contributed by atoms with E-state index >= 15 is 0 Å². The molecule has 1 amide bonds. The smallest absolute Gasteiger partial charge is 0.286 e. The average molecular weight is 345 g/mol. The molecule has 0 unspecified atom stereocenters. The third kappa shape index (κ3) is 3.74. The molecule has 0 aromatic carbocycles. The van der Waals surface area contributed by atoms with Crippen LogP contribution in [-0.2, 0) is 6.54 Å². The zero-order valence-electron chi connectivity index (χ0n) is 14.5. The van der Waals surface area contributed by atoms with Crippen molar-refractivity contribution in [1.82, 2.24) is 15.3 Å². The van der Waals surface area contributed by atoms with Crippen LogP contribution in [0.25, 0.3) is 0 Å². The van der Waals surface area contributed by atoms with Gasteiger partial charge in [-0.15, -0.1) is 0 Å². The average Bonchev–Trinajstić information content (AvgIpc) is 3.30. The van der Waals surface area contributed by atoms with Crippen LogP contribution in [0, 0.1) is 0 Å². The van der Waals surface area contributed by atoms with Crippen LogP contribution in [0.3, 0.4) is 0 Å². The van der Waals surface area contributed by atoms with E-state index in [9.17, 15) is 9.90 Å². The number of carbonyl (C=O) groups is 1. The fraction of sp³-hybridized carbons (Fsp3) is 0.471. The van der Waals surface area contributed by atoms with Crippen molar-refractivity contribution >= 4 is 17.5 Å². The molecular formula is C17H23N5O3. The Kier molecular flexibility index (Phi) is 5.18. The van der Waals surface area contributed by atoms with Crippen LogP contribution in [0.5, 0.6) is 0 Å². The summed E-state index contributed by atoms with van der Waals surface area (Å²) in [5.74, 6) is 2.29. The standard InChI is InChI=1S/C17H23N5O3/c1-18-17(24)14-6-5-13(25-14)9-21(2)15-8-16(20-11-19-15)22-7-3-4-12(22)10-23/h5-6,8,11-12,23H,3-4,7,9-10H2,1-2H3,(H,18,24)/t12-/m1/s1. The largest absolute Gasteiger partial charge is 0.454 e. The molecule has 2 aromatic rings. The van der Waals surface area contributed by atoms with Gasteiger partial charge in [0.2, 0.25) is 0 Å². The second kappa shape index (κ2) is 7.52. The van der Waals surface area contributed by atoms with Crippen molar-refractivity contribution in [3.8, 4) is 0 Å². The number of hydrogen-bond donors (Lipinski definition) is 2. The normalized spacial score (nSPS) is 16.9. The molecule has 1 saturated heterocycles. The maximum absolute atomic E-state index is 11.6. The number of amides is 1. The van der Waals surface area contributed by atoms with Crippen molar-refractivity contribution in [2.75, 3.05) is 37.0 Å². The van der Waals surface area contributed by atoms with Crippen LogP contribution in [-0.4, -0.2) is 54.3 Å². The molecule has 0 aliphatic carbocycles. The van der Waals surface area contributed by atoms with Crippen LogP contribution < -0.4 is 15.1 Å². The maximum atomic E-state index is 11.6. The highest BCUT2D eigenvalue weighted by Crippen LogP contribution is 2.26. The van der Waals surface area contributed by atoms with Crippen molar-refractivity contribution in [3.05, 3.63) is 36.0 Å². The van der Waals surface area contributed by atoms with Crippen molar-refractivity contribution in [3.63, 3.8) is 0 Å². The minimum atomic E-state index is -0.248. The molecular weight excluding hydrogens is 322 g/mol. The summed E-state index contributed by atoms with van der Waals surface area (Å²) in [6, 6.07) is 5.47. The zero-order chi connectivity index (χ0) is 17.8. The third-order valence-electron chi connectivity index (χ3n) is 4.42. The predicted molar refractivity (Wildman–Crippen MR) is 93.7 cm³/mol. The van der Waals surface area contributed by atoms with Gasteiger partial charge in [-0.25, -0.2) is 9.97 Å². The number of rotatable bonds is 6. The summed E-state index contributed by atoms with van der Waals surface area (Å²) in [5, 5.41) is 12.0. The highest BCUT2D eigenvalue weighted by atomic mass is 16.4. The molecule has 8 nitrogen and oxygen atoms in total. The first kappa shape index (κ1) is 17.2. The van der Waals surface area contributed by atoms with E-state index in [0.29, 0.717) is 12.3 Å². The Morgan fingerprint density at radius 2 is 2.32 bits per heavy atom. The molecule has 1 aliphatic heterocycles. The molecule has 2 aromatic heterocycles. The second-order valence-corrected chi connectivity index (χ2v) is 6.11. The van der Waals surface area contributed by atoms with Gasteiger partial charge in [0.1, 0.15) is 23.7 Å². The Morgan fingerprint density at radius 3 is 3.08 bits per heavy atom. The number of furan rings is 1. The molecule has 3 rings (SSSR count). The van der Waals surface area contributed by atoms with Crippen LogP contribution in [0.15, 0.2) is 28.9 Å². The fourth-order valence-corrected chi connectivity index (χ4v) is 3.05. The first-order chi connectivity index (χ1) is 12.1. The van der Waals surface area contributed by atoms with E-state index < -0.39 is 0 Å². The molecule has 8 heteroatoms. The van der Waals surface area contributed by atoms with Crippen molar-refractivity contribution in [2.24, 2.45) is 0 Å². The maximum Gasteiger partial charge on any atom is 0.286 e. The van der Waals surface area contributed by atoms with Gasteiger partial charge in [-0.05, 0) is 25.0 Å². The number of aliphatic hydroxyl groups is 1. The molecule has 25 heavy (non-hydrogen) atoms. The molecule has 0 spiro atoms. The Balaban J connectivity index is 1.72. The highest BCUT2D eigenvalue weighted by molar-refractivity contribution is 5.91. The number of nitrogens with one attached hydrogen (secondary N) is 1. The Bertz CT molecular complexity index is 733. The van der Waals surface area contributed by atoms with Gasteiger partial charge in [-0.3, -0.25) is 4.79 Å². The second-order valence-electron chi connectivity index (χ2n) is 6.11. The van der Waals surface area contributed by atoms with E-state index in [4.69, 9.17) is 4.42 Å². The zero-order valence-corrected chi connectivity index (χ0v) is 14.5. The van der Waals surface area contributed by atoms with E-state index in [0.717, 1.165) is 31.0 Å². The van der Waals surface area contributed by atoms with E-state index in [1.165, 1.54) is 6.33 Å². The Hall–Kier alpha value is -2.61. The van der Waals surface area contributed by atoms with Gasteiger partial charge in [0, 0.05) is 26.7 Å². The van der Waals surface area contributed by atoms with Crippen LogP contribution in [0.1, 0.15) is 29.2 Å². The van der Waals surface area contributed by atoms with Gasteiger partial charge in [0.15, 0.2) is 5.76 Å². The lowest BCUT2D eigenvalue weighted by atomic mass is 10.2. The minimum absolute atomic E-state index is 0.119. The molecule has 1 aliphatic rings. The van der Waals surface area contributed by atoms with Gasteiger partial charge >= 0.3 is 0 Å². The van der Waals surface area contributed by atoms with Crippen molar-refractivity contribution in [1.29, 1.82) is 0 Å². The predicted octanol–water partition coefficient (Wildman–Crippen LogP) is 1.03. The lowest BCUT2D eigenvalue weighted by Crippen LogP contribution is -2.33. The molecule has 0 radical (unpaired) electrons. The Labute approximate surface area is 146 Å². The Morgan fingerprint density at radius 1 is 1.48 bits per heavy atom. The number of anilines is 2. The molecule has 2 N–H and O–H groups in total. The number of nitrogens with zero attached hydrogens (tertiary/aromatic N) is 4. The van der Waals surface area contributed by atoms with E-state index in [1.807, 2.05) is 18.0 Å². The molecule has 134 valence electrons. The summed E-state index contributed by atoms with van der Waals surface area (Å²) in [4.78, 5) is 24.3. The lowest BCUT2D eigenvalue weighted by Gasteiger charge is -2.25. The fourth-order valence-electron chi connectivity index (χ4n) is 3.05. The first-order valence-corrected chi connectivity index (χ1v) is 8.34. The topological polar surface area (TPSA) is 94.7 Å². The number of aromatic nitrogens is 2. The van der Waals surface area contributed by atoms with Gasteiger partial charge in [-0.1, -0.05) is 0 Å². The summed E-state index contributed by atoms with van der Waals surface area (Å²) in [7, 11) is 3.47. The summed E-state index contributed by atoms with van der Waals surface area (Å²) in [6.45, 7) is 1.50.